The third-order valence-corrected chi connectivity index (χ3v) is 5.95. The molecular weight excluding hydrogens is 404 g/mol. The van der Waals surface area contributed by atoms with Gasteiger partial charge in [-0.2, -0.15) is 0 Å². The Bertz CT molecular complexity index is 1010. The summed E-state index contributed by atoms with van der Waals surface area (Å²) in [6, 6.07) is 15.0. The maximum atomic E-state index is 13.6. The van der Waals surface area contributed by atoms with E-state index < -0.39 is 0 Å². The van der Waals surface area contributed by atoms with Crippen molar-refractivity contribution in [2.45, 2.75) is 39.2 Å². The van der Waals surface area contributed by atoms with E-state index in [2.05, 4.69) is 11.8 Å². The lowest BCUT2D eigenvalue weighted by Gasteiger charge is -2.29. The Labute approximate surface area is 189 Å². The van der Waals surface area contributed by atoms with Gasteiger partial charge < -0.3 is 14.4 Å². The number of carbonyl (C=O) groups excluding carboxylic acids is 2. The van der Waals surface area contributed by atoms with Gasteiger partial charge in [0, 0.05) is 18.7 Å². The summed E-state index contributed by atoms with van der Waals surface area (Å²) in [5, 5.41) is 0. The van der Waals surface area contributed by atoms with Gasteiger partial charge in [-0.15, -0.1) is 0 Å². The van der Waals surface area contributed by atoms with Gasteiger partial charge >= 0.3 is 0 Å². The fraction of sp³-hybridized carbons (Fsp3) is 0.385. The molecule has 2 aromatic carbocycles. The molecule has 0 saturated carbocycles. The summed E-state index contributed by atoms with van der Waals surface area (Å²) < 4.78 is 11.1. The normalized spacial score (nSPS) is 16.7. The second-order valence-electron chi connectivity index (χ2n) is 8.15. The van der Waals surface area contributed by atoms with E-state index in [9.17, 15) is 9.59 Å². The summed E-state index contributed by atoms with van der Waals surface area (Å²) >= 11 is 0. The number of ether oxygens (including phenoxy) is 2. The molecule has 2 heterocycles. The van der Waals surface area contributed by atoms with Crippen molar-refractivity contribution in [2.24, 2.45) is 0 Å². The summed E-state index contributed by atoms with van der Waals surface area (Å²) in [6.07, 6.45) is 4.12. The number of carbonyl (C=O) groups is 2. The largest absolute Gasteiger partial charge is 0.496 e. The number of imide groups is 1. The van der Waals surface area contributed by atoms with E-state index in [1.54, 1.807) is 7.11 Å². The van der Waals surface area contributed by atoms with E-state index in [1.165, 1.54) is 4.90 Å². The number of nitrogens with zero attached hydrogens (tertiary/aromatic N) is 2. The van der Waals surface area contributed by atoms with Crippen LogP contribution in [0.5, 0.6) is 11.5 Å². The highest BCUT2D eigenvalue weighted by Crippen LogP contribution is 2.35. The zero-order valence-electron chi connectivity index (χ0n) is 18.8. The van der Waals surface area contributed by atoms with Crippen molar-refractivity contribution < 1.29 is 19.1 Å². The van der Waals surface area contributed by atoms with Crippen molar-refractivity contribution in [3.63, 3.8) is 0 Å². The van der Waals surface area contributed by atoms with E-state index in [-0.39, 0.29) is 18.4 Å². The summed E-state index contributed by atoms with van der Waals surface area (Å²) in [6.45, 7) is 4.46. The first-order chi connectivity index (χ1) is 15.6. The van der Waals surface area contributed by atoms with Crippen LogP contribution < -0.4 is 9.47 Å². The lowest BCUT2D eigenvalue weighted by Crippen LogP contribution is -2.37. The van der Waals surface area contributed by atoms with Crippen LogP contribution in [0.3, 0.4) is 0 Å². The maximum Gasteiger partial charge on any atom is 0.278 e. The highest BCUT2D eigenvalue weighted by Gasteiger charge is 2.42. The molecule has 0 spiro atoms. The smallest absolute Gasteiger partial charge is 0.278 e. The lowest BCUT2D eigenvalue weighted by molar-refractivity contribution is -0.138. The Morgan fingerprint density at radius 2 is 1.62 bits per heavy atom. The molecule has 0 aliphatic carbocycles. The van der Waals surface area contributed by atoms with Crippen LogP contribution in [0, 0.1) is 0 Å². The van der Waals surface area contributed by atoms with Crippen molar-refractivity contribution in [1.29, 1.82) is 0 Å². The minimum Gasteiger partial charge on any atom is -0.496 e. The van der Waals surface area contributed by atoms with Crippen LogP contribution in [0.1, 0.15) is 43.7 Å². The molecule has 6 nitrogen and oxygen atoms in total. The molecule has 2 aliphatic rings. The Kier molecular flexibility index (Phi) is 6.78. The lowest BCUT2D eigenvalue weighted by atomic mass is 10.0. The molecule has 0 atom stereocenters. The SMILES string of the molecule is CCCOc1ccc(C2=C(N3CCCCC3)C(=O)N(Cc3ccccc3OC)C2=O)cc1. The van der Waals surface area contributed by atoms with Crippen molar-refractivity contribution in [2.75, 3.05) is 26.8 Å². The van der Waals surface area contributed by atoms with Crippen LogP contribution in [-0.2, 0) is 16.1 Å². The van der Waals surface area contributed by atoms with Crippen molar-refractivity contribution in [3.8, 4) is 11.5 Å². The Morgan fingerprint density at radius 3 is 2.31 bits per heavy atom. The monoisotopic (exact) mass is 434 g/mol. The molecule has 1 fully saturated rings. The van der Waals surface area contributed by atoms with E-state index in [0.29, 0.717) is 23.6 Å². The second kappa shape index (κ2) is 9.90. The molecule has 0 unspecified atom stereocenters. The molecule has 2 aliphatic heterocycles. The first-order valence-electron chi connectivity index (χ1n) is 11.3. The molecule has 2 amide bonds. The fourth-order valence-corrected chi connectivity index (χ4v) is 4.32. The molecule has 32 heavy (non-hydrogen) atoms. The van der Waals surface area contributed by atoms with Gasteiger partial charge in [0.25, 0.3) is 11.8 Å². The van der Waals surface area contributed by atoms with Crippen LogP contribution in [0.4, 0.5) is 0 Å². The van der Waals surface area contributed by atoms with Crippen molar-refractivity contribution in [1.82, 2.24) is 9.80 Å². The predicted molar refractivity (Wildman–Crippen MR) is 123 cm³/mol. The Morgan fingerprint density at radius 1 is 0.906 bits per heavy atom. The molecule has 0 aromatic heterocycles. The highest BCUT2D eigenvalue weighted by atomic mass is 16.5. The van der Waals surface area contributed by atoms with Gasteiger partial charge in [0.15, 0.2) is 0 Å². The number of hydrogen-bond donors (Lipinski definition) is 0. The minimum absolute atomic E-state index is 0.181. The number of para-hydroxylation sites is 1. The second-order valence-corrected chi connectivity index (χ2v) is 8.15. The van der Waals surface area contributed by atoms with Crippen molar-refractivity contribution in [3.05, 3.63) is 65.4 Å². The van der Waals surface area contributed by atoms with Gasteiger partial charge in [0.05, 0.1) is 25.8 Å². The number of rotatable bonds is 8. The fourth-order valence-electron chi connectivity index (χ4n) is 4.32. The Balaban J connectivity index is 1.69. The average Bonchev–Trinajstić information content (AvgIpc) is 3.08. The van der Waals surface area contributed by atoms with Crippen LogP contribution in [0.15, 0.2) is 54.2 Å². The first-order valence-corrected chi connectivity index (χ1v) is 11.3. The number of methoxy groups -OCH3 is 1. The Hall–Kier alpha value is -3.28. The molecule has 6 heteroatoms. The topological polar surface area (TPSA) is 59.1 Å². The van der Waals surface area contributed by atoms with Crippen LogP contribution >= 0.6 is 0 Å². The zero-order valence-corrected chi connectivity index (χ0v) is 18.8. The molecule has 4 rings (SSSR count). The van der Waals surface area contributed by atoms with Crippen LogP contribution in [0.2, 0.25) is 0 Å². The number of benzene rings is 2. The zero-order chi connectivity index (χ0) is 22.5. The number of likely N-dealkylation sites (tertiary alicyclic amines) is 1. The standard InChI is InChI=1S/C26H30N2O4/c1-3-17-32-21-13-11-19(12-14-21)23-24(27-15-7-4-8-16-27)26(30)28(25(23)29)18-20-9-5-6-10-22(20)31-2/h5-6,9-14H,3-4,7-8,15-18H2,1-2H3. The molecule has 2 aromatic rings. The quantitative estimate of drug-likeness (QED) is 0.582. The maximum absolute atomic E-state index is 13.6. The summed E-state index contributed by atoms with van der Waals surface area (Å²) in [4.78, 5) is 30.6. The van der Waals surface area contributed by atoms with E-state index >= 15 is 0 Å². The average molecular weight is 435 g/mol. The summed E-state index contributed by atoms with van der Waals surface area (Å²) in [7, 11) is 1.59. The molecular formula is C26H30N2O4. The molecule has 0 bridgehead atoms. The molecule has 168 valence electrons. The van der Waals surface area contributed by atoms with Gasteiger partial charge in [0.1, 0.15) is 17.2 Å². The summed E-state index contributed by atoms with van der Waals surface area (Å²) in [5.41, 5.74) is 2.55. The highest BCUT2D eigenvalue weighted by molar-refractivity contribution is 6.35. The third-order valence-electron chi connectivity index (χ3n) is 5.95. The molecule has 0 radical (unpaired) electrons. The number of hydrogen-bond acceptors (Lipinski definition) is 5. The number of piperidine rings is 1. The van der Waals surface area contributed by atoms with E-state index in [0.717, 1.165) is 55.6 Å². The third kappa shape index (κ3) is 4.35. The van der Waals surface area contributed by atoms with Crippen molar-refractivity contribution >= 4 is 17.4 Å². The van der Waals surface area contributed by atoms with Gasteiger partial charge in [0.2, 0.25) is 0 Å². The minimum atomic E-state index is -0.260. The van der Waals surface area contributed by atoms with E-state index in [4.69, 9.17) is 9.47 Å². The first kappa shape index (κ1) is 21.9. The van der Waals surface area contributed by atoms with Gasteiger partial charge in [-0.3, -0.25) is 14.5 Å². The number of amides is 2. The van der Waals surface area contributed by atoms with Gasteiger partial charge in [-0.1, -0.05) is 37.3 Å². The van der Waals surface area contributed by atoms with E-state index in [1.807, 2.05) is 48.5 Å². The van der Waals surface area contributed by atoms with Gasteiger partial charge in [-0.05, 0) is 49.4 Å². The van der Waals surface area contributed by atoms with Gasteiger partial charge in [-0.25, -0.2) is 0 Å². The predicted octanol–water partition coefficient (Wildman–Crippen LogP) is 4.25. The van der Waals surface area contributed by atoms with Crippen LogP contribution in [-0.4, -0.2) is 48.4 Å². The summed E-state index contributed by atoms with van der Waals surface area (Å²) in [5.74, 6) is 0.935. The van der Waals surface area contributed by atoms with Crippen LogP contribution in [0.25, 0.3) is 5.57 Å². The molecule has 0 N–H and O–H groups in total. The molecule has 1 saturated heterocycles.